The van der Waals surface area contributed by atoms with E-state index in [4.69, 9.17) is 0 Å². The van der Waals surface area contributed by atoms with Crippen molar-refractivity contribution in [1.82, 2.24) is 10.3 Å². The average Bonchev–Trinajstić information content (AvgIpc) is 3.08. The monoisotopic (exact) mass is 342 g/mol. The maximum Gasteiger partial charge on any atom is 0.387 e. The summed E-state index contributed by atoms with van der Waals surface area (Å²) in [5.74, 6) is 0.242. The number of fused-ring (bicyclic) bond motifs is 2. The molecule has 0 fully saturated rings. The second-order valence-corrected chi connectivity index (χ2v) is 6.42. The van der Waals surface area contributed by atoms with Gasteiger partial charge in [-0.3, -0.25) is 0 Å². The van der Waals surface area contributed by atoms with Gasteiger partial charge in [-0.05, 0) is 60.2 Å². The molecule has 0 saturated carbocycles. The minimum absolute atomic E-state index is 0.235. The Morgan fingerprint density at radius 3 is 3.00 bits per heavy atom. The summed E-state index contributed by atoms with van der Waals surface area (Å²) in [6.45, 7) is -2.01. The lowest BCUT2D eigenvalue weighted by Gasteiger charge is -2.27. The molecule has 1 heterocycles. The van der Waals surface area contributed by atoms with Gasteiger partial charge >= 0.3 is 6.61 Å². The van der Waals surface area contributed by atoms with Gasteiger partial charge in [0.2, 0.25) is 0 Å². The number of alkyl halides is 2. The Hall–Kier alpha value is -2.40. The molecule has 0 aliphatic heterocycles. The molecule has 5 heteroatoms. The number of nitrogens with one attached hydrogen (secondary N) is 2. The Bertz CT molecular complexity index is 875. The lowest BCUT2D eigenvalue weighted by molar-refractivity contribution is -0.0499. The van der Waals surface area contributed by atoms with Gasteiger partial charge < -0.3 is 15.0 Å². The second-order valence-electron chi connectivity index (χ2n) is 6.42. The van der Waals surface area contributed by atoms with Crippen LogP contribution >= 0.6 is 0 Å². The van der Waals surface area contributed by atoms with Crippen molar-refractivity contribution in [2.75, 3.05) is 0 Å². The van der Waals surface area contributed by atoms with Gasteiger partial charge in [-0.15, -0.1) is 0 Å². The van der Waals surface area contributed by atoms with Crippen LogP contribution in [0.1, 0.15) is 35.6 Å². The molecule has 1 aliphatic rings. The molecule has 4 rings (SSSR count). The maximum absolute atomic E-state index is 12.4. The molecule has 0 radical (unpaired) electrons. The van der Waals surface area contributed by atoms with E-state index in [-0.39, 0.29) is 11.8 Å². The van der Waals surface area contributed by atoms with Crippen LogP contribution in [0.2, 0.25) is 0 Å². The second kappa shape index (κ2) is 6.84. The Balaban J connectivity index is 1.52. The van der Waals surface area contributed by atoms with Gasteiger partial charge in [-0.2, -0.15) is 8.78 Å². The van der Waals surface area contributed by atoms with E-state index in [1.54, 1.807) is 12.1 Å². The maximum atomic E-state index is 12.4. The van der Waals surface area contributed by atoms with Crippen molar-refractivity contribution in [1.29, 1.82) is 0 Å². The number of rotatable bonds is 5. The summed E-state index contributed by atoms with van der Waals surface area (Å²) in [5, 5.41) is 4.86. The summed E-state index contributed by atoms with van der Waals surface area (Å²) in [5.41, 5.74) is 4.68. The van der Waals surface area contributed by atoms with E-state index < -0.39 is 6.61 Å². The van der Waals surface area contributed by atoms with Gasteiger partial charge in [-0.1, -0.05) is 18.2 Å². The molecule has 0 spiro atoms. The van der Waals surface area contributed by atoms with Gasteiger partial charge in [0.05, 0.1) is 0 Å². The predicted octanol–water partition coefficient (Wildman–Crippen LogP) is 4.94. The molecule has 2 N–H and O–H groups in total. The number of aryl methyl sites for hydroxylation is 1. The molecule has 3 aromatic rings. The van der Waals surface area contributed by atoms with E-state index in [0.29, 0.717) is 0 Å². The molecule has 1 atom stereocenters. The van der Waals surface area contributed by atoms with E-state index in [9.17, 15) is 8.78 Å². The number of benzene rings is 2. The zero-order chi connectivity index (χ0) is 17.2. The smallest absolute Gasteiger partial charge is 0.387 e. The molecule has 130 valence electrons. The van der Waals surface area contributed by atoms with E-state index in [2.05, 4.69) is 39.3 Å². The van der Waals surface area contributed by atoms with Crippen LogP contribution in [0.4, 0.5) is 8.78 Å². The minimum atomic E-state index is -2.78. The highest BCUT2D eigenvalue weighted by Gasteiger charge is 2.21. The van der Waals surface area contributed by atoms with Crippen LogP contribution in [0.15, 0.2) is 48.7 Å². The Labute approximate surface area is 145 Å². The highest BCUT2D eigenvalue weighted by Crippen LogP contribution is 2.33. The molecular formula is C20H20F2N2O. The van der Waals surface area contributed by atoms with Crippen molar-refractivity contribution in [3.05, 3.63) is 65.4 Å². The van der Waals surface area contributed by atoms with Crippen LogP contribution in [0, 0.1) is 0 Å². The first-order valence-corrected chi connectivity index (χ1v) is 8.57. The van der Waals surface area contributed by atoms with Gasteiger partial charge in [0, 0.05) is 29.7 Å². The number of aromatic amines is 1. The third-order valence-electron chi connectivity index (χ3n) is 4.88. The lowest BCUT2D eigenvalue weighted by atomic mass is 9.87. The van der Waals surface area contributed by atoms with Crippen LogP contribution in [0.5, 0.6) is 5.75 Å². The van der Waals surface area contributed by atoms with Gasteiger partial charge in [0.1, 0.15) is 5.75 Å². The van der Waals surface area contributed by atoms with Crippen molar-refractivity contribution in [2.24, 2.45) is 0 Å². The van der Waals surface area contributed by atoms with Crippen molar-refractivity contribution in [3.63, 3.8) is 0 Å². The van der Waals surface area contributed by atoms with Gasteiger partial charge in [-0.25, -0.2) is 0 Å². The van der Waals surface area contributed by atoms with Crippen LogP contribution in [0.3, 0.4) is 0 Å². The number of hydrogen-bond donors (Lipinski definition) is 2. The van der Waals surface area contributed by atoms with Crippen molar-refractivity contribution < 1.29 is 13.5 Å². The van der Waals surface area contributed by atoms with Crippen molar-refractivity contribution >= 4 is 10.9 Å². The van der Waals surface area contributed by atoms with Crippen molar-refractivity contribution in [2.45, 2.75) is 38.5 Å². The third kappa shape index (κ3) is 3.37. The molecular weight excluding hydrogens is 322 g/mol. The molecule has 0 saturated heterocycles. The molecule has 25 heavy (non-hydrogen) atoms. The molecule has 0 bridgehead atoms. The fraction of sp³-hybridized carbons (Fsp3) is 0.300. The standard InChI is InChI=1S/C20H20F2N2O/c21-20(22)25-15-7-8-16-13(11-15)3-1-6-19(16)24-12-14-4-2-5-18-17(14)9-10-23-18/h2,4-5,7-11,19-20,23-24H,1,3,6,12H2. The highest BCUT2D eigenvalue weighted by molar-refractivity contribution is 5.82. The zero-order valence-corrected chi connectivity index (χ0v) is 13.8. The molecule has 2 aromatic carbocycles. The van der Waals surface area contributed by atoms with E-state index in [1.165, 1.54) is 16.5 Å². The zero-order valence-electron chi connectivity index (χ0n) is 13.8. The number of aromatic nitrogens is 1. The predicted molar refractivity (Wildman–Crippen MR) is 93.9 cm³/mol. The average molecular weight is 342 g/mol. The van der Waals surface area contributed by atoms with Crippen LogP contribution < -0.4 is 10.1 Å². The SMILES string of the molecule is FC(F)Oc1ccc2c(c1)CCCC2NCc1cccc2[nH]ccc12. The summed E-state index contributed by atoms with van der Waals surface area (Å²) < 4.78 is 29.3. The summed E-state index contributed by atoms with van der Waals surface area (Å²) in [4.78, 5) is 3.23. The topological polar surface area (TPSA) is 37.0 Å². The van der Waals surface area contributed by atoms with Crippen LogP contribution in [-0.2, 0) is 13.0 Å². The summed E-state index contributed by atoms with van der Waals surface area (Å²) in [6.07, 6.45) is 4.94. The summed E-state index contributed by atoms with van der Waals surface area (Å²) >= 11 is 0. The normalized spacial score (nSPS) is 17.0. The lowest BCUT2D eigenvalue weighted by Crippen LogP contribution is -2.25. The van der Waals surface area contributed by atoms with E-state index in [1.807, 2.05) is 12.3 Å². The highest BCUT2D eigenvalue weighted by atomic mass is 19.3. The largest absolute Gasteiger partial charge is 0.435 e. The first-order chi connectivity index (χ1) is 12.2. The number of hydrogen-bond acceptors (Lipinski definition) is 2. The number of halogens is 2. The summed E-state index contributed by atoms with van der Waals surface area (Å²) in [6, 6.07) is 13.9. The van der Waals surface area contributed by atoms with Crippen molar-refractivity contribution in [3.8, 4) is 5.75 Å². The molecule has 0 amide bonds. The number of H-pyrrole nitrogens is 1. The number of ether oxygens (including phenoxy) is 1. The third-order valence-corrected chi connectivity index (χ3v) is 4.88. The van der Waals surface area contributed by atoms with E-state index >= 15 is 0 Å². The fourth-order valence-corrected chi connectivity index (χ4v) is 3.72. The Morgan fingerprint density at radius 2 is 2.12 bits per heavy atom. The first kappa shape index (κ1) is 16.1. The fourth-order valence-electron chi connectivity index (χ4n) is 3.72. The molecule has 1 unspecified atom stereocenters. The quantitative estimate of drug-likeness (QED) is 0.689. The minimum Gasteiger partial charge on any atom is -0.435 e. The van der Waals surface area contributed by atoms with Crippen LogP contribution in [-0.4, -0.2) is 11.6 Å². The van der Waals surface area contributed by atoms with Crippen LogP contribution in [0.25, 0.3) is 10.9 Å². The van der Waals surface area contributed by atoms with Gasteiger partial charge in [0.15, 0.2) is 0 Å². The molecule has 1 aromatic heterocycles. The van der Waals surface area contributed by atoms with E-state index in [0.717, 1.165) is 36.9 Å². The molecule has 1 aliphatic carbocycles. The summed E-state index contributed by atoms with van der Waals surface area (Å²) in [7, 11) is 0. The Morgan fingerprint density at radius 1 is 1.20 bits per heavy atom. The van der Waals surface area contributed by atoms with Gasteiger partial charge in [0.25, 0.3) is 0 Å². The first-order valence-electron chi connectivity index (χ1n) is 8.57. The molecule has 3 nitrogen and oxygen atoms in total. The Kier molecular flexibility index (Phi) is 4.40.